The summed E-state index contributed by atoms with van der Waals surface area (Å²) >= 11 is 0. The fraction of sp³-hybridized carbons (Fsp3) is 0.385. The molecule has 5 heteroatoms. The van der Waals surface area contributed by atoms with Crippen LogP contribution in [0.1, 0.15) is 12.8 Å². The Hall–Kier alpha value is -2.04. The van der Waals surface area contributed by atoms with E-state index in [1.54, 1.807) is 11.9 Å². The predicted molar refractivity (Wildman–Crippen MR) is 69.4 cm³/mol. The highest BCUT2D eigenvalue weighted by atomic mass is 16.4. The Labute approximate surface area is 106 Å². The first-order valence-electron chi connectivity index (χ1n) is 5.84. The van der Waals surface area contributed by atoms with Crippen LogP contribution in [0.3, 0.4) is 0 Å². The van der Waals surface area contributed by atoms with E-state index in [0.29, 0.717) is 13.0 Å². The molecule has 0 atom stereocenters. The van der Waals surface area contributed by atoms with E-state index < -0.39 is 5.97 Å². The van der Waals surface area contributed by atoms with Gasteiger partial charge in [0, 0.05) is 25.7 Å². The zero-order chi connectivity index (χ0) is 13.4. The van der Waals surface area contributed by atoms with E-state index in [-0.39, 0.29) is 18.9 Å². The van der Waals surface area contributed by atoms with Crippen LogP contribution in [0, 0.1) is 0 Å². The molecule has 0 saturated heterocycles. The first-order chi connectivity index (χ1) is 8.59. The molecule has 0 bridgehead atoms. The Morgan fingerprint density at radius 1 is 1.28 bits per heavy atom. The minimum Gasteiger partial charge on any atom is -0.481 e. The summed E-state index contributed by atoms with van der Waals surface area (Å²) in [5.41, 5.74) is 0.893. The van der Waals surface area contributed by atoms with Crippen molar-refractivity contribution in [3.8, 4) is 0 Å². The Kier molecular flexibility index (Phi) is 5.70. The number of para-hydroxylation sites is 1. The smallest absolute Gasteiger partial charge is 0.303 e. The maximum absolute atomic E-state index is 11.7. The number of carbonyl (C=O) groups excluding carboxylic acids is 1. The van der Waals surface area contributed by atoms with Crippen LogP contribution < -0.4 is 5.32 Å². The van der Waals surface area contributed by atoms with Crippen molar-refractivity contribution < 1.29 is 14.7 Å². The van der Waals surface area contributed by atoms with Crippen LogP contribution >= 0.6 is 0 Å². The third-order valence-corrected chi connectivity index (χ3v) is 2.53. The molecule has 0 fully saturated rings. The van der Waals surface area contributed by atoms with E-state index in [2.05, 4.69) is 5.32 Å². The zero-order valence-corrected chi connectivity index (χ0v) is 10.4. The van der Waals surface area contributed by atoms with Crippen LogP contribution in [0.4, 0.5) is 5.69 Å². The van der Waals surface area contributed by atoms with Gasteiger partial charge in [-0.15, -0.1) is 0 Å². The predicted octanol–water partition coefficient (Wildman–Crippen LogP) is 1.42. The van der Waals surface area contributed by atoms with Crippen molar-refractivity contribution in [1.82, 2.24) is 4.90 Å². The van der Waals surface area contributed by atoms with E-state index in [4.69, 9.17) is 5.11 Å². The monoisotopic (exact) mass is 250 g/mol. The second-order valence-electron chi connectivity index (χ2n) is 4.03. The standard InChI is InChI=1S/C13H18N2O3/c1-15(9-5-8-13(17)18)12(16)10-14-11-6-3-2-4-7-11/h2-4,6-7,14H,5,8-10H2,1H3,(H,17,18). The molecule has 0 radical (unpaired) electrons. The summed E-state index contributed by atoms with van der Waals surface area (Å²) in [7, 11) is 1.68. The third kappa shape index (κ3) is 5.34. The molecule has 98 valence electrons. The molecular formula is C13H18N2O3. The van der Waals surface area contributed by atoms with Gasteiger partial charge in [0.1, 0.15) is 0 Å². The van der Waals surface area contributed by atoms with Crippen LogP contribution in [0.2, 0.25) is 0 Å². The average molecular weight is 250 g/mol. The van der Waals surface area contributed by atoms with E-state index in [9.17, 15) is 9.59 Å². The number of hydrogen-bond donors (Lipinski definition) is 2. The van der Waals surface area contributed by atoms with Crippen LogP contribution in [0.25, 0.3) is 0 Å². The number of carboxylic acid groups (broad SMARTS) is 1. The normalized spacial score (nSPS) is 9.83. The zero-order valence-electron chi connectivity index (χ0n) is 10.4. The van der Waals surface area contributed by atoms with Gasteiger partial charge in [-0.2, -0.15) is 0 Å². The Bertz CT molecular complexity index is 392. The van der Waals surface area contributed by atoms with Gasteiger partial charge in [-0.05, 0) is 18.6 Å². The minimum atomic E-state index is -0.835. The van der Waals surface area contributed by atoms with Gasteiger partial charge in [-0.3, -0.25) is 9.59 Å². The van der Waals surface area contributed by atoms with Crippen LogP contribution in [-0.2, 0) is 9.59 Å². The lowest BCUT2D eigenvalue weighted by Gasteiger charge is -2.17. The summed E-state index contributed by atoms with van der Waals surface area (Å²) in [6.07, 6.45) is 0.562. The van der Waals surface area contributed by atoms with Crippen molar-refractivity contribution in [3.05, 3.63) is 30.3 Å². The highest BCUT2D eigenvalue weighted by Crippen LogP contribution is 2.04. The van der Waals surface area contributed by atoms with Crippen LogP contribution in [0.5, 0.6) is 0 Å². The number of nitrogens with one attached hydrogen (secondary N) is 1. The van der Waals surface area contributed by atoms with Crippen LogP contribution in [0.15, 0.2) is 30.3 Å². The van der Waals surface area contributed by atoms with Crippen molar-refractivity contribution in [2.24, 2.45) is 0 Å². The Morgan fingerprint density at radius 3 is 2.56 bits per heavy atom. The molecule has 5 nitrogen and oxygen atoms in total. The van der Waals surface area contributed by atoms with Gasteiger partial charge in [0.25, 0.3) is 0 Å². The fourth-order valence-corrected chi connectivity index (χ4v) is 1.46. The van der Waals surface area contributed by atoms with Gasteiger partial charge < -0.3 is 15.3 Å². The maximum Gasteiger partial charge on any atom is 0.303 e. The number of carbonyl (C=O) groups is 2. The molecule has 0 saturated carbocycles. The molecule has 0 heterocycles. The van der Waals surface area contributed by atoms with Gasteiger partial charge in [-0.25, -0.2) is 0 Å². The molecule has 0 aliphatic heterocycles. The van der Waals surface area contributed by atoms with Gasteiger partial charge in [-0.1, -0.05) is 18.2 Å². The molecule has 1 amide bonds. The second kappa shape index (κ2) is 7.32. The summed E-state index contributed by atoms with van der Waals surface area (Å²) in [5, 5.41) is 11.5. The number of hydrogen-bond acceptors (Lipinski definition) is 3. The quantitative estimate of drug-likeness (QED) is 0.768. The van der Waals surface area contributed by atoms with Crippen LogP contribution in [-0.4, -0.2) is 42.0 Å². The van der Waals surface area contributed by atoms with Gasteiger partial charge in [0.15, 0.2) is 0 Å². The summed E-state index contributed by atoms with van der Waals surface area (Å²) in [5.74, 6) is -0.887. The lowest BCUT2D eigenvalue weighted by Crippen LogP contribution is -2.33. The number of rotatable bonds is 7. The average Bonchev–Trinajstić information content (AvgIpc) is 2.36. The van der Waals surface area contributed by atoms with E-state index in [0.717, 1.165) is 5.69 Å². The summed E-state index contributed by atoms with van der Waals surface area (Å²) in [6, 6.07) is 9.47. The number of aliphatic carboxylic acids is 1. The lowest BCUT2D eigenvalue weighted by molar-refractivity contribution is -0.137. The number of nitrogens with zero attached hydrogens (tertiary/aromatic N) is 1. The van der Waals surface area contributed by atoms with Gasteiger partial charge in [0.2, 0.25) is 5.91 Å². The molecular weight excluding hydrogens is 232 g/mol. The van der Waals surface area contributed by atoms with Crippen molar-refractivity contribution in [1.29, 1.82) is 0 Å². The molecule has 2 N–H and O–H groups in total. The molecule has 0 unspecified atom stereocenters. The SMILES string of the molecule is CN(CCCC(=O)O)C(=O)CNc1ccccc1. The van der Waals surface area contributed by atoms with E-state index >= 15 is 0 Å². The summed E-state index contributed by atoms with van der Waals surface area (Å²) in [6.45, 7) is 0.676. The van der Waals surface area contributed by atoms with E-state index in [1.807, 2.05) is 30.3 Å². The Morgan fingerprint density at radius 2 is 1.94 bits per heavy atom. The van der Waals surface area contributed by atoms with Crippen molar-refractivity contribution in [2.75, 3.05) is 25.5 Å². The molecule has 0 spiro atoms. The van der Waals surface area contributed by atoms with Crippen molar-refractivity contribution in [3.63, 3.8) is 0 Å². The number of carboxylic acids is 1. The highest BCUT2D eigenvalue weighted by Gasteiger charge is 2.08. The third-order valence-electron chi connectivity index (χ3n) is 2.53. The Balaban J connectivity index is 2.25. The molecule has 1 aromatic rings. The number of likely N-dealkylation sites (N-methyl/N-ethyl adjacent to an activating group) is 1. The first kappa shape index (κ1) is 14.0. The first-order valence-corrected chi connectivity index (χ1v) is 5.84. The number of amides is 1. The fourth-order valence-electron chi connectivity index (χ4n) is 1.46. The number of benzene rings is 1. The molecule has 0 aromatic heterocycles. The second-order valence-corrected chi connectivity index (χ2v) is 4.03. The summed E-state index contributed by atoms with van der Waals surface area (Å²) in [4.78, 5) is 23.6. The molecule has 0 aliphatic carbocycles. The minimum absolute atomic E-state index is 0.0516. The molecule has 18 heavy (non-hydrogen) atoms. The molecule has 0 aliphatic rings. The topological polar surface area (TPSA) is 69.6 Å². The molecule has 1 rings (SSSR count). The lowest BCUT2D eigenvalue weighted by atomic mass is 10.3. The maximum atomic E-state index is 11.7. The highest BCUT2D eigenvalue weighted by molar-refractivity contribution is 5.80. The van der Waals surface area contributed by atoms with E-state index in [1.165, 1.54) is 0 Å². The van der Waals surface area contributed by atoms with Gasteiger partial charge >= 0.3 is 5.97 Å². The van der Waals surface area contributed by atoms with Crippen molar-refractivity contribution in [2.45, 2.75) is 12.8 Å². The van der Waals surface area contributed by atoms with Gasteiger partial charge in [0.05, 0.1) is 6.54 Å². The molecule has 1 aromatic carbocycles. The summed E-state index contributed by atoms with van der Waals surface area (Å²) < 4.78 is 0. The number of anilines is 1. The van der Waals surface area contributed by atoms with Crippen molar-refractivity contribution >= 4 is 17.6 Å². The largest absolute Gasteiger partial charge is 0.481 e.